The van der Waals surface area contributed by atoms with Gasteiger partial charge in [-0.15, -0.1) is 12.3 Å². The molecule has 28 heavy (non-hydrogen) atoms. The number of unbranched alkanes of at least 4 members (excludes halogenated alkanes) is 3. The molecule has 13 heteroatoms. The molecule has 0 N–H and O–H groups in total. The number of carbonyl (C=O) groups excluding carboxylic acids is 3. The first-order chi connectivity index (χ1) is 13.3. The average Bonchev–Trinajstić information content (AvgIpc) is 2.67. The van der Waals surface area contributed by atoms with Gasteiger partial charge in [-0.1, -0.05) is 39.3 Å². The molecule has 10 nitrogen and oxygen atoms in total. The molecular formula is C15H25N3O7PSTc-. The molecule has 161 valence electrons. The molecule has 0 spiro atoms. The first-order valence-corrected chi connectivity index (χ1v) is 11.7. The van der Waals surface area contributed by atoms with E-state index in [1.54, 1.807) is 6.92 Å². The Hall–Kier alpha value is -0.641. The third-order valence-corrected chi connectivity index (χ3v) is 4.85. The van der Waals surface area contributed by atoms with Crippen LogP contribution in [0, 0.1) is 0 Å². The monoisotopic (exact) mass is 519 g/mol. The molecule has 0 bridgehead atoms. The van der Waals surface area contributed by atoms with E-state index < -0.39 is 31.9 Å². The molecule has 0 aromatic rings. The van der Waals surface area contributed by atoms with Gasteiger partial charge in [0.2, 0.25) is 0 Å². The van der Waals surface area contributed by atoms with E-state index in [1.807, 2.05) is 0 Å². The Bertz CT molecular complexity index is 514. The summed E-state index contributed by atoms with van der Waals surface area (Å²) >= 11 is 5.36. The van der Waals surface area contributed by atoms with Gasteiger partial charge in [0.05, 0.1) is 6.61 Å². The van der Waals surface area contributed by atoms with Gasteiger partial charge in [-0.3, -0.25) is 0 Å². The molecule has 0 aliphatic heterocycles. The van der Waals surface area contributed by atoms with Gasteiger partial charge in [-0.25, -0.2) is 0 Å². The summed E-state index contributed by atoms with van der Waals surface area (Å²) in [4.78, 5) is 44.8. The maximum absolute atomic E-state index is 11.4. The van der Waals surface area contributed by atoms with Gasteiger partial charge >= 0.3 is 22.4 Å². The maximum atomic E-state index is 11.4. The van der Waals surface area contributed by atoms with Crippen molar-refractivity contribution >= 4 is 37.9 Å². The summed E-state index contributed by atoms with van der Waals surface area (Å²) in [5.41, 5.74) is 0. The minimum atomic E-state index is -3.68. The molecule has 0 radical (unpaired) electrons. The van der Waals surface area contributed by atoms with E-state index in [1.165, 1.54) is 0 Å². The Morgan fingerprint density at radius 3 is 2.07 bits per heavy atom. The van der Waals surface area contributed by atoms with E-state index >= 15 is 0 Å². The van der Waals surface area contributed by atoms with E-state index in [2.05, 4.69) is 28.6 Å². The molecule has 3 amide bonds. The zero-order valence-electron chi connectivity index (χ0n) is 15.7. The van der Waals surface area contributed by atoms with Crippen LogP contribution in [0.4, 0.5) is 0 Å². The van der Waals surface area contributed by atoms with Crippen LogP contribution < -0.4 is 4.89 Å². The molecule has 0 rings (SSSR count). The summed E-state index contributed by atoms with van der Waals surface area (Å²) in [7, 11) is -3.68. The molecule has 0 aromatic carbocycles. The second-order valence-electron chi connectivity index (χ2n) is 5.42. The van der Waals surface area contributed by atoms with Gasteiger partial charge in [-0.2, -0.15) is 0 Å². The summed E-state index contributed by atoms with van der Waals surface area (Å²) in [6.07, 6.45) is 3.45. The van der Waals surface area contributed by atoms with Crippen LogP contribution in [0.2, 0.25) is 0 Å². The Kier molecular flexibility index (Phi) is 20.8. The summed E-state index contributed by atoms with van der Waals surface area (Å²) in [5, 5.41) is 10.6. The Balaban J connectivity index is 0. The molecule has 1 atom stereocenters. The number of amides is 3. The quantitative estimate of drug-likeness (QED) is 0.179. The topological polar surface area (TPSA) is 160 Å². The van der Waals surface area contributed by atoms with E-state index in [0.717, 1.165) is 31.7 Å². The first-order valence-electron chi connectivity index (χ1n) is 8.60. The predicted octanol–water partition coefficient (Wildman–Crippen LogP) is 1.65. The average molecular weight is 520 g/mol. The fraction of sp³-hybridized carbons (Fsp3) is 0.800. The molecule has 0 saturated carbocycles. The number of hydrogen-bond acceptors (Lipinski definition) is 8. The van der Waals surface area contributed by atoms with Crippen LogP contribution in [0.3, 0.4) is 0 Å². The molecule has 0 fully saturated rings. The number of rotatable bonds is 15. The van der Waals surface area contributed by atoms with Crippen molar-refractivity contribution in [1.29, 1.82) is 0 Å². The van der Waals surface area contributed by atoms with Crippen LogP contribution >= 0.6 is 7.60 Å². The van der Waals surface area contributed by atoms with Crippen molar-refractivity contribution in [3.63, 3.8) is 0 Å². The number of nitrogens with zero attached hydrogens (tertiary/aromatic N) is 3. The molecule has 0 aliphatic rings. The van der Waals surface area contributed by atoms with E-state index in [-0.39, 0.29) is 25.1 Å². The minimum absolute atomic E-state index is 0.0555. The van der Waals surface area contributed by atoms with Gasteiger partial charge in [0.15, 0.2) is 0 Å². The van der Waals surface area contributed by atoms with Gasteiger partial charge < -0.3 is 56.9 Å². The van der Waals surface area contributed by atoms with Crippen LogP contribution in [0.1, 0.15) is 39.0 Å². The van der Waals surface area contributed by atoms with Gasteiger partial charge in [0.25, 0.3) is 0 Å². The van der Waals surface area contributed by atoms with E-state index in [9.17, 15) is 23.8 Å². The molecule has 0 aromatic heterocycles. The second kappa shape index (κ2) is 19.7. The Morgan fingerprint density at radius 1 is 0.964 bits per heavy atom. The Morgan fingerprint density at radius 2 is 1.50 bits per heavy atom. The van der Waals surface area contributed by atoms with E-state index in [0.29, 0.717) is 25.8 Å². The third kappa shape index (κ3) is 20.1. The van der Waals surface area contributed by atoms with Crippen molar-refractivity contribution in [1.82, 2.24) is 0 Å². The fourth-order valence-electron chi connectivity index (χ4n) is 1.77. The zero-order valence-corrected chi connectivity index (χ0v) is 19.3. The molecular weight excluding hydrogens is 495 g/mol. The van der Waals surface area contributed by atoms with Crippen molar-refractivity contribution in [2.45, 2.75) is 39.0 Å². The number of carbonyl (C=O) groups is 3. The Labute approximate surface area is 181 Å². The normalized spacial score (nSPS) is 12.2. The molecule has 0 saturated heterocycles. The number of hydrogen-bond donors (Lipinski definition) is 0. The standard InChI is InChI=1S/C15H30N3O6PS.O.Tc/c1-2-9-25(22,23)24-8-6-4-3-5-7-16-13(19)10-17-14(20)11-18-15(21)12-26;;/h2-12H2,1H3,(H5,16,17,18,19,20,21,22,23,26);;/q;;+4/p-5. The van der Waals surface area contributed by atoms with Crippen LogP contribution in [0.15, 0.2) is 0 Å². The van der Waals surface area contributed by atoms with E-state index in [4.69, 9.17) is 8.03 Å². The molecule has 1 unspecified atom stereocenters. The van der Waals surface area contributed by atoms with Crippen LogP contribution in [-0.4, -0.2) is 55.9 Å². The SMILES string of the molecule is CCCP(=O)([O-])OCCCCCC[N-]C(=O)C[N-]C(=O)C[N-]C(=O)C[S-].[O]=[Tc+4]. The third-order valence-electron chi connectivity index (χ3n) is 3.03. The van der Waals surface area contributed by atoms with Crippen molar-refractivity contribution in [3.05, 3.63) is 16.0 Å². The summed E-state index contributed by atoms with van der Waals surface area (Å²) < 4.78 is 24.4. The molecule has 0 heterocycles. The summed E-state index contributed by atoms with van der Waals surface area (Å²) in [6.45, 7) is 1.51. The fourth-order valence-corrected chi connectivity index (χ4v) is 2.95. The van der Waals surface area contributed by atoms with Crippen LogP contribution in [0.25, 0.3) is 16.0 Å². The van der Waals surface area contributed by atoms with Crippen molar-refractivity contribution in [3.8, 4) is 0 Å². The first kappa shape index (κ1) is 29.6. The summed E-state index contributed by atoms with van der Waals surface area (Å²) in [6, 6.07) is 0. The van der Waals surface area contributed by atoms with Crippen LogP contribution in [0.5, 0.6) is 0 Å². The van der Waals surface area contributed by atoms with Crippen molar-refractivity contribution in [2.24, 2.45) is 0 Å². The van der Waals surface area contributed by atoms with Gasteiger partial charge in [0, 0.05) is 23.9 Å². The van der Waals surface area contributed by atoms with Gasteiger partial charge in [-0.05, 0) is 12.8 Å². The van der Waals surface area contributed by atoms with Crippen LogP contribution in [-0.2, 0) is 58.5 Å². The predicted molar refractivity (Wildman–Crippen MR) is 99.8 cm³/mol. The van der Waals surface area contributed by atoms with Gasteiger partial charge in [0.1, 0.15) is 7.60 Å². The summed E-state index contributed by atoms with van der Waals surface area (Å²) in [5.74, 6) is -1.93. The van der Waals surface area contributed by atoms with Crippen molar-refractivity contribution in [2.75, 3.05) is 38.2 Å². The second-order valence-corrected chi connectivity index (χ2v) is 7.64. The molecule has 0 aliphatic carbocycles. The zero-order chi connectivity index (χ0) is 21.8. The van der Waals surface area contributed by atoms with Crippen molar-refractivity contribution < 1.29 is 50.7 Å².